The van der Waals surface area contributed by atoms with Gasteiger partial charge in [0, 0.05) is 25.5 Å². The van der Waals surface area contributed by atoms with Gasteiger partial charge >= 0.3 is 0 Å². The zero-order valence-corrected chi connectivity index (χ0v) is 9.74. The molecule has 2 nitrogen and oxygen atoms in total. The van der Waals surface area contributed by atoms with Gasteiger partial charge in [0.25, 0.3) is 0 Å². The van der Waals surface area contributed by atoms with Crippen LogP contribution < -0.4 is 0 Å². The first-order valence-corrected chi connectivity index (χ1v) is 5.54. The maximum absolute atomic E-state index is 4.28. The average molecular weight is 210 g/mol. The molecule has 1 aromatic heterocycles. The van der Waals surface area contributed by atoms with E-state index in [1.807, 2.05) is 12.3 Å². The zero-order chi connectivity index (χ0) is 10.4. The number of thiol groups is 1. The first kappa shape index (κ1) is 11.5. The summed E-state index contributed by atoms with van der Waals surface area (Å²) >= 11 is 4.28. The highest BCUT2D eigenvalue weighted by Gasteiger charge is 2.04. The van der Waals surface area contributed by atoms with Crippen molar-refractivity contribution in [2.45, 2.75) is 13.5 Å². The molecule has 0 bridgehead atoms. The SMILES string of the molecule is CC(CS)CN(C)Cc1cccnc1. The molecule has 0 radical (unpaired) electrons. The van der Waals surface area contributed by atoms with Crippen molar-refractivity contribution in [2.24, 2.45) is 5.92 Å². The second-order valence-corrected chi connectivity index (χ2v) is 4.21. The predicted molar refractivity (Wildman–Crippen MR) is 63.6 cm³/mol. The summed E-state index contributed by atoms with van der Waals surface area (Å²) < 4.78 is 0. The number of rotatable bonds is 5. The molecule has 0 aliphatic heterocycles. The molecular formula is C11H18N2S. The van der Waals surface area contributed by atoms with E-state index in [9.17, 15) is 0 Å². The highest BCUT2D eigenvalue weighted by Crippen LogP contribution is 2.05. The fraction of sp³-hybridized carbons (Fsp3) is 0.545. The molecule has 0 amide bonds. The molecule has 1 aromatic rings. The van der Waals surface area contributed by atoms with Gasteiger partial charge in [-0.05, 0) is 30.3 Å². The molecule has 1 rings (SSSR count). The van der Waals surface area contributed by atoms with Gasteiger partial charge in [0.05, 0.1) is 0 Å². The third-order valence-corrected chi connectivity index (χ3v) is 2.73. The normalized spacial score (nSPS) is 13.1. The Hall–Kier alpha value is -0.540. The van der Waals surface area contributed by atoms with E-state index >= 15 is 0 Å². The molecule has 1 heterocycles. The Morgan fingerprint density at radius 1 is 1.57 bits per heavy atom. The Kier molecular flexibility index (Phi) is 4.98. The van der Waals surface area contributed by atoms with Crippen molar-refractivity contribution in [3.05, 3.63) is 30.1 Å². The van der Waals surface area contributed by atoms with Gasteiger partial charge in [0.15, 0.2) is 0 Å². The quantitative estimate of drug-likeness (QED) is 0.749. The van der Waals surface area contributed by atoms with E-state index in [4.69, 9.17) is 0 Å². The van der Waals surface area contributed by atoms with Crippen molar-refractivity contribution in [2.75, 3.05) is 19.3 Å². The van der Waals surface area contributed by atoms with Crippen LogP contribution in [0.2, 0.25) is 0 Å². The fourth-order valence-electron chi connectivity index (χ4n) is 1.46. The second kappa shape index (κ2) is 6.04. The van der Waals surface area contributed by atoms with Crippen LogP contribution in [0.5, 0.6) is 0 Å². The largest absolute Gasteiger partial charge is 0.302 e. The molecule has 0 aliphatic carbocycles. The molecule has 0 saturated heterocycles. The summed E-state index contributed by atoms with van der Waals surface area (Å²) in [5.41, 5.74) is 1.27. The molecule has 0 fully saturated rings. The highest BCUT2D eigenvalue weighted by atomic mass is 32.1. The molecule has 1 unspecified atom stereocenters. The lowest BCUT2D eigenvalue weighted by Crippen LogP contribution is -2.24. The minimum absolute atomic E-state index is 0.639. The number of pyridine rings is 1. The van der Waals surface area contributed by atoms with Gasteiger partial charge in [-0.3, -0.25) is 4.98 Å². The molecule has 0 saturated carbocycles. The third-order valence-electron chi connectivity index (χ3n) is 2.11. The van der Waals surface area contributed by atoms with Gasteiger partial charge in [-0.1, -0.05) is 13.0 Å². The zero-order valence-electron chi connectivity index (χ0n) is 8.85. The van der Waals surface area contributed by atoms with Gasteiger partial charge in [0.1, 0.15) is 0 Å². The molecule has 14 heavy (non-hydrogen) atoms. The van der Waals surface area contributed by atoms with Gasteiger partial charge < -0.3 is 4.90 Å². The van der Waals surface area contributed by atoms with Crippen molar-refractivity contribution in [1.82, 2.24) is 9.88 Å². The van der Waals surface area contributed by atoms with E-state index in [1.165, 1.54) is 5.56 Å². The molecule has 0 spiro atoms. The van der Waals surface area contributed by atoms with Crippen LogP contribution in [0.15, 0.2) is 24.5 Å². The summed E-state index contributed by atoms with van der Waals surface area (Å²) in [4.78, 5) is 6.40. The van der Waals surface area contributed by atoms with Crippen LogP contribution in [-0.4, -0.2) is 29.2 Å². The van der Waals surface area contributed by atoms with E-state index in [-0.39, 0.29) is 0 Å². The Morgan fingerprint density at radius 2 is 2.36 bits per heavy atom. The van der Waals surface area contributed by atoms with Crippen LogP contribution in [-0.2, 0) is 6.54 Å². The minimum atomic E-state index is 0.639. The number of nitrogens with zero attached hydrogens (tertiary/aromatic N) is 2. The second-order valence-electron chi connectivity index (χ2n) is 3.85. The van der Waals surface area contributed by atoms with Crippen molar-refractivity contribution < 1.29 is 0 Å². The van der Waals surface area contributed by atoms with Crippen LogP contribution in [0.3, 0.4) is 0 Å². The Bertz CT molecular complexity index is 251. The topological polar surface area (TPSA) is 16.1 Å². The first-order chi connectivity index (χ1) is 6.72. The van der Waals surface area contributed by atoms with Crippen LogP contribution in [0.4, 0.5) is 0 Å². The maximum atomic E-state index is 4.28. The molecular weight excluding hydrogens is 192 g/mol. The van der Waals surface area contributed by atoms with Gasteiger partial charge in [-0.25, -0.2) is 0 Å². The Balaban J connectivity index is 2.37. The third kappa shape index (κ3) is 4.11. The molecule has 0 N–H and O–H groups in total. The summed E-state index contributed by atoms with van der Waals surface area (Å²) in [6.45, 7) is 4.26. The summed E-state index contributed by atoms with van der Waals surface area (Å²) in [6.07, 6.45) is 3.72. The van der Waals surface area contributed by atoms with Crippen molar-refractivity contribution in [1.29, 1.82) is 0 Å². The lowest BCUT2D eigenvalue weighted by molar-refractivity contribution is 0.290. The molecule has 1 atom stereocenters. The fourth-order valence-corrected chi connectivity index (χ4v) is 1.57. The smallest absolute Gasteiger partial charge is 0.0312 e. The summed E-state index contributed by atoms with van der Waals surface area (Å²) in [5, 5.41) is 0. The van der Waals surface area contributed by atoms with Crippen molar-refractivity contribution in [3.63, 3.8) is 0 Å². The maximum Gasteiger partial charge on any atom is 0.0312 e. The number of aromatic nitrogens is 1. The van der Waals surface area contributed by atoms with Gasteiger partial charge in [-0.2, -0.15) is 12.6 Å². The first-order valence-electron chi connectivity index (χ1n) is 4.90. The lowest BCUT2D eigenvalue weighted by atomic mass is 10.2. The van der Waals surface area contributed by atoms with E-state index < -0.39 is 0 Å². The lowest BCUT2D eigenvalue weighted by Gasteiger charge is -2.19. The summed E-state index contributed by atoms with van der Waals surface area (Å²) in [7, 11) is 2.13. The van der Waals surface area contributed by atoms with Crippen molar-refractivity contribution in [3.8, 4) is 0 Å². The van der Waals surface area contributed by atoms with Gasteiger partial charge in [0.2, 0.25) is 0 Å². The minimum Gasteiger partial charge on any atom is -0.302 e. The van der Waals surface area contributed by atoms with Crippen LogP contribution in [0.25, 0.3) is 0 Å². The van der Waals surface area contributed by atoms with E-state index in [0.717, 1.165) is 18.8 Å². The molecule has 78 valence electrons. The molecule has 0 aromatic carbocycles. The van der Waals surface area contributed by atoms with Crippen LogP contribution in [0.1, 0.15) is 12.5 Å². The van der Waals surface area contributed by atoms with E-state index in [0.29, 0.717) is 5.92 Å². The van der Waals surface area contributed by atoms with Gasteiger partial charge in [-0.15, -0.1) is 0 Å². The predicted octanol–water partition coefficient (Wildman–Crippen LogP) is 2.08. The van der Waals surface area contributed by atoms with E-state index in [2.05, 4.69) is 42.6 Å². The average Bonchev–Trinajstić information content (AvgIpc) is 2.19. The highest BCUT2D eigenvalue weighted by molar-refractivity contribution is 7.80. The Morgan fingerprint density at radius 3 is 2.93 bits per heavy atom. The monoisotopic (exact) mass is 210 g/mol. The summed E-state index contributed by atoms with van der Waals surface area (Å²) in [6, 6.07) is 4.08. The number of hydrogen-bond donors (Lipinski definition) is 1. The number of hydrogen-bond acceptors (Lipinski definition) is 3. The van der Waals surface area contributed by atoms with E-state index in [1.54, 1.807) is 6.20 Å². The standard InChI is InChI=1S/C11H18N2S/c1-10(9-14)7-13(2)8-11-4-3-5-12-6-11/h3-6,10,14H,7-9H2,1-2H3. The van der Waals surface area contributed by atoms with Crippen LogP contribution >= 0.6 is 12.6 Å². The van der Waals surface area contributed by atoms with Crippen molar-refractivity contribution >= 4 is 12.6 Å². The Labute approximate surface area is 91.8 Å². The molecule has 0 aliphatic rings. The van der Waals surface area contributed by atoms with Crippen LogP contribution in [0, 0.1) is 5.92 Å². The summed E-state index contributed by atoms with van der Waals surface area (Å²) in [5.74, 6) is 1.58. The molecule has 3 heteroatoms.